The predicted octanol–water partition coefficient (Wildman–Crippen LogP) is 0.346. The lowest BCUT2D eigenvalue weighted by Crippen LogP contribution is -2.53. The van der Waals surface area contributed by atoms with Crippen LogP contribution in [0.25, 0.3) is 0 Å². The zero-order chi connectivity index (χ0) is 26.0. The number of benzene rings is 1. The molecule has 0 amide bonds. The molecule has 3 rings (SSSR count). The summed E-state index contributed by atoms with van der Waals surface area (Å²) in [5, 5.41) is 32.1. The highest BCUT2D eigenvalue weighted by Crippen LogP contribution is 2.49. The van der Waals surface area contributed by atoms with Gasteiger partial charge in [-0.1, -0.05) is 18.2 Å². The maximum Gasteiger partial charge on any atom is 0.459 e. The molecule has 0 radical (unpaired) electrons. The van der Waals surface area contributed by atoms with Crippen molar-refractivity contribution < 1.29 is 47.2 Å². The number of nitrogens with zero attached hydrogens (tertiary/aromatic N) is 2. The lowest BCUT2D eigenvalue weighted by atomic mass is 9.96. The Kier molecular flexibility index (Phi) is 7.89. The van der Waals surface area contributed by atoms with Gasteiger partial charge in [0.1, 0.15) is 29.8 Å². The van der Waals surface area contributed by atoms with E-state index in [2.05, 4.69) is 10.1 Å². The number of carboxylic acids is 1. The topological polar surface area (TPSA) is 195 Å². The number of hydrogen-bond donors (Lipinski definition) is 5. The summed E-state index contributed by atoms with van der Waals surface area (Å²) in [4.78, 5) is 26.8. The standard InChI is InChI=1S/C19H23F2N4O9P/c1-10(16(28)29)24-35(31,34-11-5-3-2-4-6-11)32-9-19(17(20)21)14(27)13(26)15(33-19)25-8-7-12(22)23-18(25)30/h2-8,10,13-15,17,26-27H,9H2,1H3,(H,24,31)(H,28,29)(H2,22,23,30)/t10?,13-,14+,15-,19-,35?/m1/s1. The SMILES string of the molecule is CC(NP(=O)(OC[C@@]1(C(F)F)O[C@@H](n2ccc(N)nc2=O)[C@H](O)[C@@H]1O)Oc1ccccc1)C(=O)O. The van der Waals surface area contributed by atoms with Crippen LogP contribution in [0.1, 0.15) is 13.2 Å². The van der Waals surface area contributed by atoms with Crippen LogP contribution in [0.5, 0.6) is 5.75 Å². The normalized spacial score (nSPS) is 26.9. The molecule has 6 atom stereocenters. The molecule has 0 spiro atoms. The summed E-state index contributed by atoms with van der Waals surface area (Å²) in [5.41, 5.74) is 1.35. The largest absolute Gasteiger partial charge is 0.480 e. The first-order valence-electron chi connectivity index (χ1n) is 10.0. The van der Waals surface area contributed by atoms with E-state index < -0.39 is 62.5 Å². The van der Waals surface area contributed by atoms with Gasteiger partial charge in [-0.05, 0) is 25.1 Å². The first kappa shape index (κ1) is 26.7. The second-order valence-corrected chi connectivity index (χ2v) is 9.30. The van der Waals surface area contributed by atoms with E-state index in [4.69, 9.17) is 24.6 Å². The second kappa shape index (κ2) is 10.4. The monoisotopic (exact) mass is 520 g/mol. The quantitative estimate of drug-likeness (QED) is 0.270. The van der Waals surface area contributed by atoms with Gasteiger partial charge in [0.2, 0.25) is 0 Å². The first-order valence-corrected chi connectivity index (χ1v) is 11.6. The van der Waals surface area contributed by atoms with Gasteiger partial charge in [-0.2, -0.15) is 10.1 Å². The molecule has 1 fully saturated rings. The van der Waals surface area contributed by atoms with E-state index in [-0.39, 0.29) is 11.6 Å². The highest BCUT2D eigenvalue weighted by Gasteiger charge is 2.61. The van der Waals surface area contributed by atoms with Gasteiger partial charge >= 0.3 is 19.4 Å². The molecule has 192 valence electrons. The number of aliphatic carboxylic acids is 1. The molecule has 2 aromatic rings. The van der Waals surface area contributed by atoms with Crippen molar-refractivity contribution >= 4 is 19.5 Å². The Bertz CT molecular complexity index is 1150. The molecule has 0 aliphatic carbocycles. The number of nitrogens with two attached hydrogens (primary N) is 1. The predicted molar refractivity (Wildman–Crippen MR) is 115 cm³/mol. The first-order chi connectivity index (χ1) is 16.4. The van der Waals surface area contributed by atoms with E-state index in [0.29, 0.717) is 4.57 Å². The summed E-state index contributed by atoms with van der Waals surface area (Å²) in [5.74, 6) is -1.67. The summed E-state index contributed by atoms with van der Waals surface area (Å²) in [6, 6.07) is 6.96. The van der Waals surface area contributed by atoms with Crippen molar-refractivity contribution in [3.8, 4) is 5.75 Å². The number of ether oxygens (including phenoxy) is 1. The summed E-state index contributed by atoms with van der Waals surface area (Å²) >= 11 is 0. The van der Waals surface area contributed by atoms with Crippen LogP contribution < -0.4 is 21.0 Å². The van der Waals surface area contributed by atoms with Crippen molar-refractivity contribution in [3.63, 3.8) is 0 Å². The Morgan fingerprint density at radius 1 is 1.34 bits per heavy atom. The number of rotatable bonds is 10. The van der Waals surface area contributed by atoms with Crippen LogP contribution in [0.3, 0.4) is 0 Å². The average Bonchev–Trinajstić information content (AvgIpc) is 3.04. The van der Waals surface area contributed by atoms with Crippen molar-refractivity contribution in [2.75, 3.05) is 12.3 Å². The average molecular weight is 520 g/mol. The number of anilines is 1. The van der Waals surface area contributed by atoms with E-state index in [0.717, 1.165) is 19.2 Å². The van der Waals surface area contributed by atoms with Gasteiger partial charge in [-0.3, -0.25) is 13.9 Å². The smallest absolute Gasteiger partial charge is 0.459 e. The fourth-order valence-corrected chi connectivity index (χ4v) is 4.74. The molecule has 0 saturated carbocycles. The third-order valence-corrected chi connectivity index (χ3v) is 6.73. The molecule has 16 heteroatoms. The van der Waals surface area contributed by atoms with Crippen LogP contribution in [0.15, 0.2) is 47.4 Å². The maximum atomic E-state index is 14.2. The van der Waals surface area contributed by atoms with E-state index in [1.165, 1.54) is 24.3 Å². The van der Waals surface area contributed by atoms with Gasteiger partial charge in [0.15, 0.2) is 11.8 Å². The number of carbonyl (C=O) groups is 1. The van der Waals surface area contributed by atoms with Crippen LogP contribution in [-0.4, -0.2) is 67.7 Å². The molecule has 1 aromatic heterocycles. The van der Waals surface area contributed by atoms with Gasteiger partial charge < -0.3 is 30.3 Å². The second-order valence-electron chi connectivity index (χ2n) is 7.61. The highest BCUT2D eigenvalue weighted by molar-refractivity contribution is 7.52. The number of alkyl halides is 2. The molecule has 1 aromatic carbocycles. The van der Waals surface area contributed by atoms with Crippen LogP contribution in [-0.2, 0) is 18.6 Å². The molecule has 35 heavy (non-hydrogen) atoms. The molecule has 1 saturated heterocycles. The maximum absolute atomic E-state index is 14.2. The van der Waals surface area contributed by atoms with Gasteiger partial charge in [-0.25, -0.2) is 18.1 Å². The van der Waals surface area contributed by atoms with Gasteiger partial charge in [-0.15, -0.1) is 0 Å². The number of para-hydroxylation sites is 1. The van der Waals surface area contributed by atoms with E-state index in [1.807, 2.05) is 0 Å². The van der Waals surface area contributed by atoms with Crippen LogP contribution in [0.2, 0.25) is 0 Å². The zero-order valence-corrected chi connectivity index (χ0v) is 19.0. The minimum atomic E-state index is -4.67. The highest BCUT2D eigenvalue weighted by atomic mass is 31.2. The van der Waals surface area contributed by atoms with Gasteiger partial charge in [0, 0.05) is 6.20 Å². The molecular weight excluding hydrogens is 497 g/mol. The third-order valence-electron chi connectivity index (χ3n) is 5.10. The van der Waals surface area contributed by atoms with E-state index in [1.54, 1.807) is 6.07 Å². The lowest BCUT2D eigenvalue weighted by molar-refractivity contribution is -0.192. The summed E-state index contributed by atoms with van der Waals surface area (Å²) in [7, 11) is -4.67. The minimum Gasteiger partial charge on any atom is -0.480 e. The number of aromatic nitrogens is 2. The molecule has 2 heterocycles. The Morgan fingerprint density at radius 3 is 2.57 bits per heavy atom. The number of nitrogens with one attached hydrogen (secondary N) is 1. The molecule has 2 unspecified atom stereocenters. The Hall–Kier alpha value is -2.94. The van der Waals surface area contributed by atoms with Crippen molar-refractivity contribution in [1.29, 1.82) is 0 Å². The van der Waals surface area contributed by atoms with Crippen molar-refractivity contribution in [2.24, 2.45) is 0 Å². The van der Waals surface area contributed by atoms with E-state index in [9.17, 15) is 33.1 Å². The molecule has 13 nitrogen and oxygen atoms in total. The van der Waals surface area contributed by atoms with Gasteiger partial charge in [0.25, 0.3) is 6.43 Å². The Labute approximate surface area is 196 Å². The number of carboxylic acid groups (broad SMARTS) is 1. The van der Waals surface area contributed by atoms with Crippen LogP contribution in [0.4, 0.5) is 14.6 Å². The molecule has 6 N–H and O–H groups in total. The van der Waals surface area contributed by atoms with E-state index >= 15 is 0 Å². The number of aliphatic hydroxyl groups excluding tert-OH is 2. The molecule has 1 aliphatic heterocycles. The molecule has 0 bridgehead atoms. The summed E-state index contributed by atoms with van der Waals surface area (Å²) in [6.07, 6.45) is -8.73. The van der Waals surface area contributed by atoms with Gasteiger partial charge in [0.05, 0.1) is 6.61 Å². The summed E-state index contributed by atoms with van der Waals surface area (Å²) in [6.45, 7) is -0.225. The number of hydrogen-bond acceptors (Lipinski definition) is 10. The third kappa shape index (κ3) is 5.66. The van der Waals surface area contributed by atoms with Crippen molar-refractivity contribution in [1.82, 2.24) is 14.6 Å². The number of aliphatic hydroxyl groups is 2. The summed E-state index contributed by atoms with van der Waals surface area (Å²) < 4.78 is 58.0. The Balaban J connectivity index is 1.91. The number of nitrogen functional groups attached to an aromatic ring is 1. The molecule has 1 aliphatic rings. The zero-order valence-electron chi connectivity index (χ0n) is 18.1. The van der Waals surface area contributed by atoms with Crippen molar-refractivity contribution in [2.45, 2.75) is 43.4 Å². The minimum absolute atomic E-state index is 0.0441. The van der Waals surface area contributed by atoms with Crippen molar-refractivity contribution in [3.05, 3.63) is 53.1 Å². The van der Waals surface area contributed by atoms with Crippen LogP contribution in [0, 0.1) is 0 Å². The fourth-order valence-electron chi connectivity index (χ4n) is 3.20. The number of halogens is 2. The fraction of sp³-hybridized carbons (Fsp3) is 0.421. The molecular formula is C19H23F2N4O9P. The van der Waals surface area contributed by atoms with Crippen LogP contribution >= 0.6 is 7.75 Å². The Morgan fingerprint density at radius 2 is 2.00 bits per heavy atom. The lowest BCUT2D eigenvalue weighted by Gasteiger charge is -2.32.